The number of H-pyrrole nitrogens is 1. The second kappa shape index (κ2) is 8.62. The van der Waals surface area contributed by atoms with Crippen molar-refractivity contribution in [3.05, 3.63) is 75.7 Å². The van der Waals surface area contributed by atoms with E-state index < -0.39 is 10.0 Å². The number of hydrogen-bond donors (Lipinski definition) is 1. The predicted octanol–water partition coefficient (Wildman–Crippen LogP) is 2.55. The molecule has 1 fully saturated rings. The number of nitrogens with one attached hydrogen (secondary N) is 1. The zero-order valence-electron chi connectivity index (χ0n) is 17.4. The Morgan fingerprint density at radius 1 is 1.00 bits per heavy atom. The highest BCUT2D eigenvalue weighted by Crippen LogP contribution is 2.21. The van der Waals surface area contributed by atoms with Crippen LogP contribution in [-0.2, 0) is 14.8 Å². The number of ether oxygens (including phenoxy) is 1. The first-order valence-electron chi connectivity index (χ1n) is 9.97. The summed E-state index contributed by atoms with van der Waals surface area (Å²) in [6.07, 6.45) is 1.50. The third kappa shape index (κ3) is 4.39. The van der Waals surface area contributed by atoms with Crippen LogP contribution in [0.4, 0.5) is 5.69 Å². The van der Waals surface area contributed by atoms with E-state index in [0.717, 1.165) is 11.3 Å². The zero-order chi connectivity index (χ0) is 22.0. The SMILES string of the molecule is Cc1ccc(-n2[nH]c(C)c(C=Nc3ccc(S(=O)(=O)N4CCOCC4)cc3)c2=O)cc1. The summed E-state index contributed by atoms with van der Waals surface area (Å²) in [6, 6.07) is 14.0. The molecule has 1 aliphatic rings. The van der Waals surface area contributed by atoms with E-state index in [1.165, 1.54) is 27.3 Å². The van der Waals surface area contributed by atoms with Crippen molar-refractivity contribution in [1.29, 1.82) is 0 Å². The molecule has 1 aliphatic heterocycles. The molecule has 0 saturated carbocycles. The molecule has 0 atom stereocenters. The molecule has 2 heterocycles. The van der Waals surface area contributed by atoms with E-state index in [-0.39, 0.29) is 10.5 Å². The average molecular weight is 441 g/mol. The summed E-state index contributed by atoms with van der Waals surface area (Å²) >= 11 is 0. The van der Waals surface area contributed by atoms with Crippen LogP contribution in [0, 0.1) is 13.8 Å². The molecule has 31 heavy (non-hydrogen) atoms. The lowest BCUT2D eigenvalue weighted by Gasteiger charge is -2.26. The van der Waals surface area contributed by atoms with Crippen LogP contribution >= 0.6 is 0 Å². The molecule has 0 amide bonds. The van der Waals surface area contributed by atoms with Gasteiger partial charge in [-0.15, -0.1) is 0 Å². The number of benzene rings is 2. The van der Waals surface area contributed by atoms with Crippen LogP contribution in [0.2, 0.25) is 0 Å². The van der Waals surface area contributed by atoms with Crippen molar-refractivity contribution < 1.29 is 13.2 Å². The lowest BCUT2D eigenvalue weighted by atomic mass is 10.2. The third-order valence-corrected chi connectivity index (χ3v) is 7.11. The Kier molecular flexibility index (Phi) is 5.90. The van der Waals surface area contributed by atoms with Gasteiger partial charge in [0.15, 0.2) is 0 Å². The summed E-state index contributed by atoms with van der Waals surface area (Å²) in [5, 5.41) is 3.07. The molecular formula is C22H24N4O4S. The number of rotatable bonds is 5. The van der Waals surface area contributed by atoms with Crippen molar-refractivity contribution in [2.75, 3.05) is 26.3 Å². The summed E-state index contributed by atoms with van der Waals surface area (Å²) in [4.78, 5) is 17.4. The number of morpholine rings is 1. The Hall–Kier alpha value is -3.01. The van der Waals surface area contributed by atoms with E-state index in [1.807, 2.05) is 38.1 Å². The van der Waals surface area contributed by atoms with Crippen LogP contribution in [-0.4, -0.2) is 55.0 Å². The molecule has 8 nitrogen and oxygen atoms in total. The number of aliphatic imine (C=N–C) groups is 1. The van der Waals surface area contributed by atoms with Gasteiger partial charge in [0.05, 0.1) is 35.0 Å². The molecule has 0 spiro atoms. The maximum absolute atomic E-state index is 12.8. The number of hydrogen-bond acceptors (Lipinski definition) is 5. The summed E-state index contributed by atoms with van der Waals surface area (Å²) in [7, 11) is -3.55. The van der Waals surface area contributed by atoms with Crippen LogP contribution < -0.4 is 5.56 Å². The predicted molar refractivity (Wildman–Crippen MR) is 119 cm³/mol. The lowest BCUT2D eigenvalue weighted by molar-refractivity contribution is 0.0730. The van der Waals surface area contributed by atoms with Crippen LogP contribution in [0.25, 0.3) is 5.69 Å². The topological polar surface area (TPSA) is 96.8 Å². The molecule has 162 valence electrons. The number of nitrogens with zero attached hydrogens (tertiary/aromatic N) is 3. The largest absolute Gasteiger partial charge is 0.379 e. The Bertz CT molecular complexity index is 1250. The zero-order valence-corrected chi connectivity index (χ0v) is 18.2. The van der Waals surface area contributed by atoms with Gasteiger partial charge in [-0.1, -0.05) is 17.7 Å². The Labute approximate surface area is 180 Å². The molecule has 9 heteroatoms. The molecule has 0 radical (unpaired) electrons. The van der Waals surface area contributed by atoms with Gasteiger partial charge in [-0.3, -0.25) is 14.9 Å². The Morgan fingerprint density at radius 2 is 1.65 bits per heavy atom. The highest BCUT2D eigenvalue weighted by Gasteiger charge is 2.26. The van der Waals surface area contributed by atoms with Gasteiger partial charge in [0, 0.05) is 25.0 Å². The van der Waals surface area contributed by atoms with Gasteiger partial charge >= 0.3 is 0 Å². The highest BCUT2D eigenvalue weighted by atomic mass is 32.2. The average Bonchev–Trinajstić information content (AvgIpc) is 3.07. The first kappa shape index (κ1) is 21.2. The second-order valence-corrected chi connectivity index (χ2v) is 9.33. The van der Waals surface area contributed by atoms with Gasteiger partial charge in [0.2, 0.25) is 10.0 Å². The molecule has 0 bridgehead atoms. The van der Waals surface area contributed by atoms with E-state index >= 15 is 0 Å². The molecule has 2 aromatic carbocycles. The maximum atomic E-state index is 12.8. The molecule has 1 aromatic heterocycles. The minimum atomic E-state index is -3.55. The van der Waals surface area contributed by atoms with Crippen molar-refractivity contribution in [1.82, 2.24) is 14.1 Å². The molecule has 1 saturated heterocycles. The van der Waals surface area contributed by atoms with E-state index in [4.69, 9.17) is 4.74 Å². The molecule has 1 N–H and O–H groups in total. The van der Waals surface area contributed by atoms with Gasteiger partial charge < -0.3 is 4.74 Å². The van der Waals surface area contributed by atoms with Crippen molar-refractivity contribution in [2.45, 2.75) is 18.7 Å². The summed E-state index contributed by atoms with van der Waals surface area (Å²) in [5.41, 5.74) is 3.36. The second-order valence-electron chi connectivity index (χ2n) is 7.40. The van der Waals surface area contributed by atoms with Gasteiger partial charge in [-0.2, -0.15) is 4.31 Å². The third-order valence-electron chi connectivity index (χ3n) is 5.20. The van der Waals surface area contributed by atoms with Crippen molar-refractivity contribution >= 4 is 21.9 Å². The molecule has 0 aliphatic carbocycles. The van der Waals surface area contributed by atoms with E-state index in [0.29, 0.717) is 43.2 Å². The number of aromatic amines is 1. The minimum absolute atomic E-state index is 0.198. The summed E-state index contributed by atoms with van der Waals surface area (Å²) < 4.78 is 33.5. The van der Waals surface area contributed by atoms with E-state index in [2.05, 4.69) is 10.1 Å². The number of aromatic nitrogens is 2. The standard InChI is InChI=1S/C22H24N4O4S/c1-16-3-7-19(8-4-16)26-22(27)21(17(2)24-26)15-23-18-5-9-20(10-6-18)31(28,29)25-11-13-30-14-12-25/h3-10,15,24H,11-14H2,1-2H3. The van der Waals surface area contributed by atoms with Gasteiger partial charge in [0.25, 0.3) is 5.56 Å². The van der Waals surface area contributed by atoms with Gasteiger partial charge in [-0.25, -0.2) is 13.1 Å². The Balaban J connectivity index is 1.55. The first-order chi connectivity index (χ1) is 14.9. The summed E-state index contributed by atoms with van der Waals surface area (Å²) in [6.45, 7) is 5.30. The number of aryl methyl sites for hydroxylation is 2. The lowest BCUT2D eigenvalue weighted by Crippen LogP contribution is -2.40. The van der Waals surface area contributed by atoms with Crippen LogP contribution in [0.5, 0.6) is 0 Å². The first-order valence-corrected chi connectivity index (χ1v) is 11.4. The van der Waals surface area contributed by atoms with E-state index in [9.17, 15) is 13.2 Å². The molecule has 4 rings (SSSR count). The maximum Gasteiger partial charge on any atom is 0.280 e. The highest BCUT2D eigenvalue weighted by molar-refractivity contribution is 7.89. The van der Waals surface area contributed by atoms with Crippen molar-refractivity contribution in [3.8, 4) is 5.69 Å². The molecule has 0 unspecified atom stereocenters. The number of sulfonamides is 1. The quantitative estimate of drug-likeness (QED) is 0.617. The Morgan fingerprint density at radius 3 is 2.29 bits per heavy atom. The summed E-state index contributed by atoms with van der Waals surface area (Å²) in [5.74, 6) is 0. The van der Waals surface area contributed by atoms with Crippen molar-refractivity contribution in [2.24, 2.45) is 4.99 Å². The van der Waals surface area contributed by atoms with Crippen LogP contribution in [0.15, 0.2) is 63.2 Å². The normalized spacial score (nSPS) is 15.5. The fourth-order valence-corrected chi connectivity index (χ4v) is 4.77. The smallest absolute Gasteiger partial charge is 0.280 e. The fraction of sp³-hybridized carbons (Fsp3) is 0.273. The van der Waals surface area contributed by atoms with E-state index in [1.54, 1.807) is 12.1 Å². The van der Waals surface area contributed by atoms with Crippen molar-refractivity contribution in [3.63, 3.8) is 0 Å². The fourth-order valence-electron chi connectivity index (χ4n) is 3.37. The minimum Gasteiger partial charge on any atom is -0.379 e. The monoisotopic (exact) mass is 440 g/mol. The van der Waals surface area contributed by atoms with Crippen LogP contribution in [0.3, 0.4) is 0 Å². The van der Waals surface area contributed by atoms with Gasteiger partial charge in [0.1, 0.15) is 0 Å². The molecular weight excluding hydrogens is 416 g/mol. The van der Waals surface area contributed by atoms with Crippen LogP contribution in [0.1, 0.15) is 16.8 Å². The van der Waals surface area contributed by atoms with Gasteiger partial charge in [-0.05, 0) is 50.2 Å². The molecule has 3 aromatic rings.